The van der Waals surface area contributed by atoms with E-state index in [2.05, 4.69) is 0 Å². The second-order valence-corrected chi connectivity index (χ2v) is 4.48. The maximum absolute atomic E-state index is 12.2. The molecule has 0 saturated carbocycles. The Labute approximate surface area is 106 Å². The summed E-state index contributed by atoms with van der Waals surface area (Å²) in [4.78, 5) is 12.2. The van der Waals surface area contributed by atoms with Crippen molar-refractivity contribution in [2.45, 2.75) is 0 Å². The highest BCUT2D eigenvalue weighted by Gasteiger charge is 2.11. The Hall–Kier alpha value is -1.51. The Morgan fingerprint density at radius 3 is 1.76 bits per heavy atom. The summed E-state index contributed by atoms with van der Waals surface area (Å²) in [6, 6.07) is 10.2. The summed E-state index contributed by atoms with van der Waals surface area (Å²) in [5.74, 6) is 0. The Morgan fingerprint density at radius 2 is 1.29 bits per heavy atom. The first-order valence-corrected chi connectivity index (χ1v) is 5.73. The Kier molecular flexibility index (Phi) is 2.35. The van der Waals surface area contributed by atoms with E-state index in [-0.39, 0.29) is 5.43 Å². The molecular formula is C13H6Cl2O2. The number of rotatable bonds is 0. The van der Waals surface area contributed by atoms with Crippen LogP contribution in [0.3, 0.4) is 0 Å². The molecule has 3 rings (SSSR count). The number of fused-ring (bicyclic) bond motifs is 2. The third kappa shape index (κ3) is 1.53. The molecule has 2 aromatic carbocycles. The van der Waals surface area contributed by atoms with E-state index in [9.17, 15) is 4.79 Å². The van der Waals surface area contributed by atoms with E-state index in [0.29, 0.717) is 32.0 Å². The van der Waals surface area contributed by atoms with Gasteiger partial charge in [-0.25, -0.2) is 0 Å². The lowest BCUT2D eigenvalue weighted by molar-refractivity contribution is 0.660. The molecule has 4 heteroatoms. The number of halogens is 2. The molecule has 17 heavy (non-hydrogen) atoms. The topological polar surface area (TPSA) is 30.2 Å². The SMILES string of the molecule is O=c1c2cccc(Cl)c2oc2c(Cl)cccc12. The first-order chi connectivity index (χ1) is 8.18. The van der Waals surface area contributed by atoms with Gasteiger partial charge in [-0.05, 0) is 24.3 Å². The lowest BCUT2D eigenvalue weighted by Crippen LogP contribution is -2.02. The lowest BCUT2D eigenvalue weighted by Gasteiger charge is -2.03. The summed E-state index contributed by atoms with van der Waals surface area (Å²) >= 11 is 12.0. The van der Waals surface area contributed by atoms with Crippen LogP contribution in [0, 0.1) is 0 Å². The average Bonchev–Trinajstić information content (AvgIpc) is 2.32. The molecule has 0 aliphatic rings. The summed E-state index contributed by atoms with van der Waals surface area (Å²) in [6.45, 7) is 0. The Bertz CT molecular complexity index is 727. The summed E-state index contributed by atoms with van der Waals surface area (Å²) in [7, 11) is 0. The van der Waals surface area contributed by atoms with E-state index in [1.54, 1.807) is 36.4 Å². The van der Waals surface area contributed by atoms with Crippen molar-refractivity contribution in [1.29, 1.82) is 0 Å². The smallest absolute Gasteiger partial charge is 0.200 e. The van der Waals surface area contributed by atoms with Crippen molar-refractivity contribution in [1.82, 2.24) is 0 Å². The molecule has 0 bridgehead atoms. The van der Waals surface area contributed by atoms with Gasteiger partial charge in [-0.2, -0.15) is 0 Å². The second kappa shape index (κ2) is 3.76. The molecule has 0 spiro atoms. The monoisotopic (exact) mass is 264 g/mol. The predicted molar refractivity (Wildman–Crippen MR) is 70.0 cm³/mol. The maximum atomic E-state index is 12.2. The molecule has 0 fully saturated rings. The van der Waals surface area contributed by atoms with Gasteiger partial charge in [-0.1, -0.05) is 35.3 Å². The van der Waals surface area contributed by atoms with Gasteiger partial charge in [-0.3, -0.25) is 4.79 Å². The fourth-order valence-corrected chi connectivity index (χ4v) is 2.26. The van der Waals surface area contributed by atoms with Gasteiger partial charge < -0.3 is 4.42 Å². The summed E-state index contributed by atoms with van der Waals surface area (Å²) in [5, 5.41) is 1.74. The largest absolute Gasteiger partial charge is 0.453 e. The first kappa shape index (κ1) is 10.6. The highest BCUT2D eigenvalue weighted by atomic mass is 35.5. The third-order valence-corrected chi connectivity index (χ3v) is 3.22. The van der Waals surface area contributed by atoms with E-state index in [4.69, 9.17) is 27.6 Å². The molecule has 84 valence electrons. The van der Waals surface area contributed by atoms with Gasteiger partial charge in [0.15, 0.2) is 11.2 Å². The molecule has 0 aliphatic carbocycles. The molecule has 1 heterocycles. The van der Waals surface area contributed by atoms with Crippen LogP contribution >= 0.6 is 23.2 Å². The molecule has 2 nitrogen and oxygen atoms in total. The van der Waals surface area contributed by atoms with Crippen molar-refractivity contribution in [3.05, 3.63) is 56.7 Å². The number of para-hydroxylation sites is 2. The number of hydrogen-bond acceptors (Lipinski definition) is 2. The van der Waals surface area contributed by atoms with E-state index in [1.165, 1.54) is 0 Å². The molecule has 0 unspecified atom stereocenters. The second-order valence-electron chi connectivity index (χ2n) is 3.66. The van der Waals surface area contributed by atoms with Crippen molar-refractivity contribution in [3.8, 4) is 0 Å². The summed E-state index contributed by atoms with van der Waals surface area (Å²) in [6.07, 6.45) is 0. The zero-order valence-electron chi connectivity index (χ0n) is 8.54. The van der Waals surface area contributed by atoms with Crippen LogP contribution in [0.2, 0.25) is 10.0 Å². The van der Waals surface area contributed by atoms with Crippen molar-refractivity contribution < 1.29 is 4.42 Å². The standard InChI is InChI=1S/C13H6Cl2O2/c14-9-5-1-3-7-11(16)8-4-2-6-10(15)13(8)17-12(7)9/h1-6H. The van der Waals surface area contributed by atoms with Gasteiger partial charge in [0.05, 0.1) is 20.8 Å². The van der Waals surface area contributed by atoms with E-state index >= 15 is 0 Å². The molecule has 0 N–H and O–H groups in total. The molecule has 1 aromatic heterocycles. The molecule has 0 radical (unpaired) electrons. The highest BCUT2D eigenvalue weighted by molar-refractivity contribution is 6.36. The fourth-order valence-electron chi connectivity index (χ4n) is 1.83. The van der Waals surface area contributed by atoms with Crippen LogP contribution in [0.4, 0.5) is 0 Å². The van der Waals surface area contributed by atoms with Gasteiger partial charge >= 0.3 is 0 Å². The van der Waals surface area contributed by atoms with Crippen molar-refractivity contribution in [2.24, 2.45) is 0 Å². The zero-order chi connectivity index (χ0) is 12.0. The van der Waals surface area contributed by atoms with Gasteiger partial charge in [0.1, 0.15) is 0 Å². The van der Waals surface area contributed by atoms with Crippen LogP contribution in [0.5, 0.6) is 0 Å². The number of benzene rings is 2. The molecule has 0 atom stereocenters. The zero-order valence-corrected chi connectivity index (χ0v) is 10.0. The van der Waals surface area contributed by atoms with Crippen LogP contribution in [0.25, 0.3) is 21.9 Å². The minimum Gasteiger partial charge on any atom is -0.453 e. The molecular weight excluding hydrogens is 259 g/mol. The lowest BCUT2D eigenvalue weighted by atomic mass is 10.1. The van der Waals surface area contributed by atoms with Crippen molar-refractivity contribution in [2.75, 3.05) is 0 Å². The minimum atomic E-state index is -0.119. The quantitative estimate of drug-likeness (QED) is 0.568. The first-order valence-electron chi connectivity index (χ1n) is 4.98. The van der Waals surface area contributed by atoms with Crippen molar-refractivity contribution >= 4 is 45.1 Å². The van der Waals surface area contributed by atoms with Crippen LogP contribution < -0.4 is 5.43 Å². The van der Waals surface area contributed by atoms with E-state index in [0.717, 1.165) is 0 Å². The van der Waals surface area contributed by atoms with Gasteiger partial charge in [0.25, 0.3) is 0 Å². The fraction of sp³-hybridized carbons (Fsp3) is 0. The Morgan fingerprint density at radius 1 is 0.824 bits per heavy atom. The normalized spacial score (nSPS) is 11.2. The van der Waals surface area contributed by atoms with Crippen LogP contribution in [-0.4, -0.2) is 0 Å². The van der Waals surface area contributed by atoms with Gasteiger partial charge in [0, 0.05) is 0 Å². The van der Waals surface area contributed by atoms with E-state index in [1.807, 2.05) is 0 Å². The van der Waals surface area contributed by atoms with Crippen LogP contribution in [0.1, 0.15) is 0 Å². The van der Waals surface area contributed by atoms with Gasteiger partial charge in [0.2, 0.25) is 5.43 Å². The number of hydrogen-bond donors (Lipinski definition) is 0. The summed E-state index contributed by atoms with van der Waals surface area (Å²) < 4.78 is 5.62. The van der Waals surface area contributed by atoms with Crippen LogP contribution in [0.15, 0.2) is 45.6 Å². The molecule has 0 amide bonds. The highest BCUT2D eigenvalue weighted by Crippen LogP contribution is 2.28. The van der Waals surface area contributed by atoms with E-state index < -0.39 is 0 Å². The average molecular weight is 265 g/mol. The minimum absolute atomic E-state index is 0.119. The molecule has 0 aliphatic heterocycles. The third-order valence-electron chi connectivity index (χ3n) is 2.63. The molecule has 3 aromatic rings. The molecule has 0 saturated heterocycles. The van der Waals surface area contributed by atoms with Gasteiger partial charge in [-0.15, -0.1) is 0 Å². The maximum Gasteiger partial charge on any atom is 0.200 e. The predicted octanol–water partition coefficient (Wildman–Crippen LogP) is 4.25. The van der Waals surface area contributed by atoms with Crippen LogP contribution in [-0.2, 0) is 0 Å². The Balaban J connectivity index is 2.68. The van der Waals surface area contributed by atoms with Crippen molar-refractivity contribution in [3.63, 3.8) is 0 Å². The summed E-state index contributed by atoms with van der Waals surface area (Å²) in [5.41, 5.74) is 0.630.